The van der Waals surface area contributed by atoms with Crippen molar-refractivity contribution in [3.8, 4) is 0 Å². The lowest BCUT2D eigenvalue weighted by Crippen LogP contribution is -2.32. The summed E-state index contributed by atoms with van der Waals surface area (Å²) in [5, 5.41) is 12.7. The number of nitrogens with zero attached hydrogens (tertiary/aromatic N) is 1. The van der Waals surface area contributed by atoms with Gasteiger partial charge < -0.3 is 15.3 Å². The van der Waals surface area contributed by atoms with Gasteiger partial charge in [-0.1, -0.05) is 50.4 Å². The van der Waals surface area contributed by atoms with E-state index in [1.54, 1.807) is 24.3 Å². The molecule has 1 unspecified atom stereocenters. The Bertz CT molecular complexity index is 860. The van der Waals surface area contributed by atoms with Crippen molar-refractivity contribution in [1.29, 1.82) is 0 Å². The van der Waals surface area contributed by atoms with E-state index in [4.69, 9.17) is 11.6 Å². The first-order valence-electron chi connectivity index (χ1n) is 11.1. The molecule has 168 valence electrons. The Balaban J connectivity index is 2.59. The fourth-order valence-corrected chi connectivity index (χ4v) is 3.84. The number of nitrogens with one attached hydrogen (secondary N) is 1. The molecule has 0 saturated carbocycles. The number of rotatable bonds is 12. The van der Waals surface area contributed by atoms with Gasteiger partial charge >= 0.3 is 5.97 Å². The number of anilines is 1. The summed E-state index contributed by atoms with van der Waals surface area (Å²) >= 11 is 6.38. The Morgan fingerprint density at radius 3 is 2.13 bits per heavy atom. The zero-order valence-electron chi connectivity index (χ0n) is 18.7. The van der Waals surface area contributed by atoms with E-state index in [0.29, 0.717) is 11.6 Å². The minimum Gasteiger partial charge on any atom is -0.478 e. The van der Waals surface area contributed by atoms with Gasteiger partial charge in [0, 0.05) is 30.3 Å². The first-order chi connectivity index (χ1) is 14.9. The second kappa shape index (κ2) is 12.4. The molecule has 0 spiro atoms. The van der Waals surface area contributed by atoms with Gasteiger partial charge in [0.15, 0.2) is 0 Å². The van der Waals surface area contributed by atoms with E-state index in [1.165, 1.54) is 0 Å². The van der Waals surface area contributed by atoms with Crippen LogP contribution in [-0.4, -0.2) is 36.6 Å². The number of hydrogen-bond donors (Lipinski definition) is 2. The van der Waals surface area contributed by atoms with E-state index < -0.39 is 11.9 Å². The zero-order chi connectivity index (χ0) is 22.8. The molecule has 31 heavy (non-hydrogen) atoms. The van der Waals surface area contributed by atoms with Gasteiger partial charge in [-0.05, 0) is 61.2 Å². The molecular formula is C25H33ClN2O3. The van der Waals surface area contributed by atoms with Gasteiger partial charge in [-0.2, -0.15) is 0 Å². The monoisotopic (exact) mass is 444 g/mol. The van der Waals surface area contributed by atoms with Crippen molar-refractivity contribution in [3.63, 3.8) is 0 Å². The molecule has 0 fully saturated rings. The molecular weight excluding hydrogens is 412 g/mol. The minimum absolute atomic E-state index is 0.125. The van der Waals surface area contributed by atoms with Crippen molar-refractivity contribution in [2.24, 2.45) is 0 Å². The maximum atomic E-state index is 13.2. The summed E-state index contributed by atoms with van der Waals surface area (Å²) in [4.78, 5) is 26.8. The molecule has 0 radical (unpaired) electrons. The number of likely N-dealkylation sites (N-methyl/N-ethyl adjacent to an activating group) is 1. The van der Waals surface area contributed by atoms with Crippen LogP contribution in [0.25, 0.3) is 0 Å². The molecule has 2 aromatic rings. The highest BCUT2D eigenvalue weighted by molar-refractivity contribution is 6.30. The van der Waals surface area contributed by atoms with Crippen molar-refractivity contribution in [1.82, 2.24) is 5.32 Å². The van der Waals surface area contributed by atoms with Crippen LogP contribution in [-0.2, 0) is 4.79 Å². The van der Waals surface area contributed by atoms with Crippen LogP contribution in [0, 0.1) is 0 Å². The van der Waals surface area contributed by atoms with Crippen molar-refractivity contribution < 1.29 is 14.7 Å². The molecule has 0 bridgehead atoms. The van der Waals surface area contributed by atoms with Crippen molar-refractivity contribution in [3.05, 3.63) is 64.2 Å². The van der Waals surface area contributed by atoms with Gasteiger partial charge in [0.25, 0.3) is 0 Å². The lowest BCUT2D eigenvalue weighted by molar-refractivity contribution is -0.121. The molecule has 2 aromatic carbocycles. The van der Waals surface area contributed by atoms with Crippen LogP contribution in [0.4, 0.5) is 5.69 Å². The molecule has 6 heteroatoms. The van der Waals surface area contributed by atoms with E-state index in [2.05, 4.69) is 24.1 Å². The maximum Gasteiger partial charge on any atom is 0.335 e. The molecule has 2 rings (SSSR count). The highest BCUT2D eigenvalue weighted by Gasteiger charge is 2.27. The van der Waals surface area contributed by atoms with Crippen molar-refractivity contribution >= 4 is 29.2 Å². The Morgan fingerprint density at radius 1 is 1.00 bits per heavy atom. The van der Waals surface area contributed by atoms with E-state index in [9.17, 15) is 14.7 Å². The Kier molecular flexibility index (Phi) is 9.86. The predicted molar refractivity (Wildman–Crippen MR) is 127 cm³/mol. The molecule has 0 aliphatic heterocycles. The quantitative estimate of drug-likeness (QED) is 0.439. The third-order valence-corrected chi connectivity index (χ3v) is 5.54. The molecule has 0 aliphatic carbocycles. The number of benzene rings is 2. The summed E-state index contributed by atoms with van der Waals surface area (Å²) in [6.45, 7) is 8.55. The zero-order valence-corrected chi connectivity index (χ0v) is 19.4. The van der Waals surface area contributed by atoms with Crippen molar-refractivity contribution in [2.45, 2.75) is 52.4 Å². The molecule has 0 heterocycles. The highest BCUT2D eigenvalue weighted by atomic mass is 35.5. The summed E-state index contributed by atoms with van der Waals surface area (Å²) in [6, 6.07) is 12.3. The van der Waals surface area contributed by atoms with E-state index in [1.807, 2.05) is 25.1 Å². The van der Waals surface area contributed by atoms with Crippen LogP contribution < -0.4 is 10.2 Å². The average Bonchev–Trinajstić information content (AvgIpc) is 2.75. The number of carbonyl (C=O) groups is 2. The molecule has 1 amide bonds. The number of unbranched alkanes of at least 4 members (excludes halogenated alkanes) is 2. The largest absolute Gasteiger partial charge is 0.478 e. The smallest absolute Gasteiger partial charge is 0.335 e. The van der Waals surface area contributed by atoms with Crippen LogP contribution in [0.15, 0.2) is 42.5 Å². The molecule has 0 aliphatic rings. The summed E-state index contributed by atoms with van der Waals surface area (Å²) in [7, 11) is 0. The molecule has 1 atom stereocenters. The van der Waals surface area contributed by atoms with Gasteiger partial charge in [-0.25, -0.2) is 4.79 Å². The van der Waals surface area contributed by atoms with Crippen LogP contribution in [0.1, 0.15) is 73.9 Å². The fraction of sp³-hybridized carbons (Fsp3) is 0.440. The number of aromatic carboxylic acids is 1. The van der Waals surface area contributed by atoms with E-state index >= 15 is 0 Å². The number of hydrogen-bond acceptors (Lipinski definition) is 3. The van der Waals surface area contributed by atoms with Crippen LogP contribution in [0.2, 0.25) is 5.02 Å². The predicted octanol–water partition coefficient (Wildman–Crippen LogP) is 5.71. The molecule has 0 saturated heterocycles. The topological polar surface area (TPSA) is 69.6 Å². The van der Waals surface area contributed by atoms with Gasteiger partial charge in [-0.15, -0.1) is 0 Å². The first kappa shape index (κ1) is 24.7. The van der Waals surface area contributed by atoms with Crippen LogP contribution >= 0.6 is 11.6 Å². The van der Waals surface area contributed by atoms with Gasteiger partial charge in [-0.3, -0.25) is 4.79 Å². The Labute approximate surface area is 190 Å². The van der Waals surface area contributed by atoms with Crippen LogP contribution in [0.3, 0.4) is 0 Å². The van der Waals surface area contributed by atoms with Gasteiger partial charge in [0.05, 0.1) is 11.5 Å². The molecule has 5 nitrogen and oxygen atoms in total. The lowest BCUT2D eigenvalue weighted by Gasteiger charge is -2.30. The Morgan fingerprint density at radius 2 is 1.61 bits per heavy atom. The van der Waals surface area contributed by atoms with Crippen LogP contribution in [0.5, 0.6) is 0 Å². The third kappa shape index (κ3) is 6.73. The van der Waals surface area contributed by atoms with E-state index in [-0.39, 0.29) is 11.5 Å². The molecule has 2 N–H and O–H groups in total. The number of amides is 1. The summed E-state index contributed by atoms with van der Waals surface area (Å²) in [6.07, 6.45) is 4.29. The third-order valence-electron chi connectivity index (χ3n) is 5.31. The van der Waals surface area contributed by atoms with Gasteiger partial charge in [0.2, 0.25) is 5.91 Å². The SMILES string of the molecule is CCCCN(CCCC)c1ccc(Cl)cc1C(C(=O)NCC)c1ccc(C(=O)O)cc1. The summed E-state index contributed by atoms with van der Waals surface area (Å²) in [5.74, 6) is -1.70. The maximum absolute atomic E-state index is 13.2. The standard InChI is InChI=1S/C25H33ClN2O3/c1-4-7-15-28(16-8-5-2)22-14-13-20(26)17-21(22)23(24(29)27-6-3)18-9-11-19(12-10-18)25(30)31/h9-14,17,23H,4-8,15-16H2,1-3H3,(H,27,29)(H,30,31). The van der Waals surface area contributed by atoms with Gasteiger partial charge in [0.1, 0.15) is 0 Å². The number of halogens is 1. The first-order valence-corrected chi connectivity index (χ1v) is 11.5. The van der Waals surface area contributed by atoms with Crippen molar-refractivity contribution in [2.75, 3.05) is 24.5 Å². The summed E-state index contributed by atoms with van der Waals surface area (Å²) in [5.41, 5.74) is 2.78. The normalized spacial score (nSPS) is 11.7. The number of carboxylic acid groups (broad SMARTS) is 1. The lowest BCUT2D eigenvalue weighted by atomic mass is 9.88. The van der Waals surface area contributed by atoms with E-state index in [0.717, 1.165) is 55.6 Å². The fourth-order valence-electron chi connectivity index (χ4n) is 3.66. The number of carbonyl (C=O) groups excluding carboxylic acids is 1. The minimum atomic E-state index is -0.991. The molecule has 0 aromatic heterocycles. The second-order valence-corrected chi connectivity index (χ2v) is 8.09. The summed E-state index contributed by atoms with van der Waals surface area (Å²) < 4.78 is 0. The average molecular weight is 445 g/mol. The second-order valence-electron chi connectivity index (χ2n) is 7.65. The highest BCUT2D eigenvalue weighted by Crippen LogP contribution is 2.35. The Hall–Kier alpha value is -2.53. The number of carboxylic acids is 1.